The third kappa shape index (κ3) is 2.84. The van der Waals surface area contributed by atoms with Crippen molar-refractivity contribution in [1.82, 2.24) is 0 Å². The third-order valence-electron chi connectivity index (χ3n) is 1.92. The Kier molecular flexibility index (Phi) is 3.59. The van der Waals surface area contributed by atoms with E-state index in [1.165, 1.54) is 6.07 Å². The van der Waals surface area contributed by atoms with Crippen molar-refractivity contribution in [3.63, 3.8) is 0 Å². The molecule has 0 amide bonds. The zero-order valence-corrected chi connectivity index (χ0v) is 8.31. The number of aliphatic hydroxyl groups excluding tert-OH is 1. The van der Waals surface area contributed by atoms with Crippen LogP contribution in [0.3, 0.4) is 0 Å². The summed E-state index contributed by atoms with van der Waals surface area (Å²) in [6.45, 7) is -0.346. The zero-order valence-electron chi connectivity index (χ0n) is 7.55. The average molecular weight is 240 g/mol. The van der Waals surface area contributed by atoms with Crippen LogP contribution in [-0.4, -0.2) is 11.7 Å². The van der Waals surface area contributed by atoms with E-state index in [4.69, 9.17) is 22.4 Å². The maximum absolute atomic E-state index is 12.3. The minimum absolute atomic E-state index is 0.346. The van der Waals surface area contributed by atoms with Gasteiger partial charge in [-0.3, -0.25) is 0 Å². The molecule has 0 saturated heterocycles. The van der Waals surface area contributed by atoms with Crippen molar-refractivity contribution in [2.75, 3.05) is 6.61 Å². The van der Waals surface area contributed by atoms with Gasteiger partial charge < -0.3 is 10.8 Å². The summed E-state index contributed by atoms with van der Waals surface area (Å²) in [4.78, 5) is 0. The highest BCUT2D eigenvalue weighted by Crippen LogP contribution is 2.35. The quantitative estimate of drug-likeness (QED) is 0.832. The number of halogens is 4. The molecule has 0 aliphatic heterocycles. The molecule has 0 spiro atoms. The van der Waals surface area contributed by atoms with Crippen molar-refractivity contribution in [3.05, 3.63) is 34.3 Å². The number of benzene rings is 1. The molecule has 2 nitrogen and oxygen atoms in total. The second-order valence-electron chi connectivity index (χ2n) is 3.03. The Morgan fingerprint density at radius 3 is 2.40 bits per heavy atom. The summed E-state index contributed by atoms with van der Waals surface area (Å²) in [6, 6.07) is 2.46. The fourth-order valence-electron chi connectivity index (χ4n) is 1.10. The molecule has 6 heteroatoms. The third-order valence-corrected chi connectivity index (χ3v) is 2.24. The first-order valence-corrected chi connectivity index (χ1v) is 4.47. The van der Waals surface area contributed by atoms with E-state index in [9.17, 15) is 13.2 Å². The molecular formula is C9H9ClF3NO. The molecule has 0 aliphatic carbocycles. The van der Waals surface area contributed by atoms with Crippen LogP contribution in [0.5, 0.6) is 0 Å². The second-order valence-corrected chi connectivity index (χ2v) is 3.43. The van der Waals surface area contributed by atoms with Crippen LogP contribution in [-0.2, 0) is 6.18 Å². The Bertz CT molecular complexity index is 354. The Morgan fingerprint density at radius 1 is 1.40 bits per heavy atom. The van der Waals surface area contributed by atoms with Gasteiger partial charge in [-0.1, -0.05) is 17.7 Å². The average Bonchev–Trinajstić information content (AvgIpc) is 2.14. The topological polar surface area (TPSA) is 46.2 Å². The van der Waals surface area contributed by atoms with Gasteiger partial charge in [-0.05, 0) is 17.7 Å². The van der Waals surface area contributed by atoms with Crippen LogP contribution in [0.15, 0.2) is 18.2 Å². The molecule has 3 N–H and O–H groups in total. The largest absolute Gasteiger partial charge is 0.417 e. The first kappa shape index (κ1) is 12.3. The molecule has 0 fully saturated rings. The van der Waals surface area contributed by atoms with Gasteiger partial charge in [-0.15, -0.1) is 0 Å². The predicted octanol–water partition coefficient (Wildman–Crippen LogP) is 2.35. The van der Waals surface area contributed by atoms with Crippen LogP contribution in [0.25, 0.3) is 0 Å². The van der Waals surface area contributed by atoms with Crippen molar-refractivity contribution in [2.45, 2.75) is 12.2 Å². The predicted molar refractivity (Wildman–Crippen MR) is 50.5 cm³/mol. The molecule has 0 heterocycles. The lowest BCUT2D eigenvalue weighted by atomic mass is 10.1. The highest BCUT2D eigenvalue weighted by Gasteiger charge is 2.33. The molecule has 0 bridgehead atoms. The second kappa shape index (κ2) is 4.38. The number of hydrogen-bond donors (Lipinski definition) is 2. The van der Waals surface area contributed by atoms with Gasteiger partial charge in [0.1, 0.15) is 0 Å². The zero-order chi connectivity index (χ0) is 11.6. The fourth-order valence-corrected chi connectivity index (χ4v) is 1.39. The van der Waals surface area contributed by atoms with E-state index in [2.05, 4.69) is 0 Å². The summed E-state index contributed by atoms with van der Waals surface area (Å²) in [7, 11) is 0. The number of nitrogens with two attached hydrogens (primary N) is 1. The first-order valence-electron chi connectivity index (χ1n) is 4.09. The molecule has 1 aromatic carbocycles. The van der Waals surface area contributed by atoms with E-state index in [1.807, 2.05) is 0 Å². The summed E-state index contributed by atoms with van der Waals surface area (Å²) in [5.41, 5.74) is 4.90. The molecule has 1 unspecified atom stereocenters. The summed E-state index contributed by atoms with van der Waals surface area (Å²) >= 11 is 5.46. The number of aliphatic hydroxyl groups is 1. The molecule has 0 saturated carbocycles. The molecule has 15 heavy (non-hydrogen) atoms. The van der Waals surface area contributed by atoms with E-state index in [0.29, 0.717) is 5.56 Å². The molecule has 0 radical (unpaired) electrons. The van der Waals surface area contributed by atoms with Crippen LogP contribution in [0.4, 0.5) is 13.2 Å². The normalized spacial score (nSPS) is 14.0. The summed E-state index contributed by atoms with van der Waals surface area (Å²) in [6.07, 6.45) is -4.47. The van der Waals surface area contributed by atoms with Gasteiger partial charge in [0.2, 0.25) is 0 Å². The van der Waals surface area contributed by atoms with Crippen LogP contribution in [0, 0.1) is 0 Å². The SMILES string of the molecule is NC(CO)c1ccc(C(F)(F)F)c(Cl)c1. The maximum Gasteiger partial charge on any atom is 0.417 e. The summed E-state index contributed by atoms with van der Waals surface area (Å²) in [5, 5.41) is 8.30. The van der Waals surface area contributed by atoms with Gasteiger partial charge in [0.15, 0.2) is 0 Å². The van der Waals surface area contributed by atoms with Crippen molar-refractivity contribution in [2.24, 2.45) is 5.73 Å². The van der Waals surface area contributed by atoms with E-state index >= 15 is 0 Å². The molecular weight excluding hydrogens is 231 g/mol. The van der Waals surface area contributed by atoms with E-state index in [-0.39, 0.29) is 6.61 Å². The molecule has 0 aliphatic rings. The molecule has 1 aromatic rings. The lowest BCUT2D eigenvalue weighted by Crippen LogP contribution is -2.15. The van der Waals surface area contributed by atoms with Crippen molar-refractivity contribution < 1.29 is 18.3 Å². The Balaban J connectivity index is 3.09. The van der Waals surface area contributed by atoms with Gasteiger partial charge in [0.05, 0.1) is 23.2 Å². The Morgan fingerprint density at radius 2 is 2.00 bits per heavy atom. The van der Waals surface area contributed by atoms with Crippen LogP contribution < -0.4 is 5.73 Å². The van der Waals surface area contributed by atoms with E-state index in [1.54, 1.807) is 0 Å². The van der Waals surface area contributed by atoms with Crippen molar-refractivity contribution in [3.8, 4) is 0 Å². The lowest BCUT2D eigenvalue weighted by molar-refractivity contribution is -0.137. The van der Waals surface area contributed by atoms with Gasteiger partial charge in [0.25, 0.3) is 0 Å². The summed E-state index contributed by atoms with van der Waals surface area (Å²) < 4.78 is 36.9. The highest BCUT2D eigenvalue weighted by atomic mass is 35.5. The number of alkyl halides is 3. The van der Waals surface area contributed by atoms with Gasteiger partial charge in [0, 0.05) is 0 Å². The summed E-state index contributed by atoms with van der Waals surface area (Å²) in [5.74, 6) is 0. The van der Waals surface area contributed by atoms with Crippen LogP contribution in [0.2, 0.25) is 5.02 Å². The van der Waals surface area contributed by atoms with Gasteiger partial charge in [-0.2, -0.15) is 13.2 Å². The Labute approximate surface area is 89.5 Å². The maximum atomic E-state index is 12.3. The van der Waals surface area contributed by atoms with Gasteiger partial charge >= 0.3 is 6.18 Å². The van der Waals surface area contributed by atoms with E-state index in [0.717, 1.165) is 12.1 Å². The number of hydrogen-bond acceptors (Lipinski definition) is 2. The molecule has 1 rings (SSSR count). The highest BCUT2D eigenvalue weighted by molar-refractivity contribution is 6.31. The lowest BCUT2D eigenvalue weighted by Gasteiger charge is -2.13. The fraction of sp³-hybridized carbons (Fsp3) is 0.333. The van der Waals surface area contributed by atoms with Crippen molar-refractivity contribution >= 4 is 11.6 Å². The standard InChI is InChI=1S/C9H9ClF3NO/c10-7-3-5(8(14)4-15)1-2-6(7)9(11,12)13/h1-3,8,15H,4,14H2. The molecule has 0 aromatic heterocycles. The van der Waals surface area contributed by atoms with Crippen LogP contribution >= 0.6 is 11.6 Å². The monoisotopic (exact) mass is 239 g/mol. The van der Waals surface area contributed by atoms with Crippen molar-refractivity contribution in [1.29, 1.82) is 0 Å². The molecule has 84 valence electrons. The van der Waals surface area contributed by atoms with Gasteiger partial charge in [-0.25, -0.2) is 0 Å². The first-order chi connectivity index (χ1) is 6.86. The molecule has 1 atom stereocenters. The smallest absolute Gasteiger partial charge is 0.394 e. The minimum Gasteiger partial charge on any atom is -0.394 e. The van der Waals surface area contributed by atoms with Crippen LogP contribution in [0.1, 0.15) is 17.2 Å². The number of rotatable bonds is 2. The van der Waals surface area contributed by atoms with E-state index < -0.39 is 22.8 Å². The Hall–Kier alpha value is -0.780. The minimum atomic E-state index is -4.47.